The molecule has 7 amide bonds. The van der Waals surface area contributed by atoms with Crippen molar-refractivity contribution < 1.29 is 47.5 Å². The van der Waals surface area contributed by atoms with Gasteiger partial charge in [-0.1, -0.05) is 24.6 Å². The van der Waals surface area contributed by atoms with Crippen molar-refractivity contribution >= 4 is 76.9 Å². The van der Waals surface area contributed by atoms with E-state index in [-0.39, 0.29) is 101 Å². The summed E-state index contributed by atoms with van der Waals surface area (Å²) < 4.78 is 22.4. The molecular formula is C69H86FN11O9. The molecule has 1 spiro atoms. The van der Waals surface area contributed by atoms with Crippen LogP contribution in [0.5, 0.6) is 5.75 Å². The van der Waals surface area contributed by atoms with Gasteiger partial charge in [0.1, 0.15) is 24.0 Å². The number of benzene rings is 3. The summed E-state index contributed by atoms with van der Waals surface area (Å²) in [5.74, 6) is -1.99. The molecule has 2 saturated carbocycles. The van der Waals surface area contributed by atoms with Crippen LogP contribution < -0.4 is 30.5 Å². The number of halogens is 1. The first-order chi connectivity index (χ1) is 43.3. The number of aliphatic imine (C=N–C) groups is 1. The molecule has 478 valence electrons. The molecule has 21 heteroatoms. The minimum absolute atomic E-state index is 0.00334. The Bertz CT molecular complexity index is 3460. The second-order valence-electron chi connectivity index (χ2n) is 26.3. The van der Waals surface area contributed by atoms with Gasteiger partial charge >= 0.3 is 0 Å². The molecule has 90 heavy (non-hydrogen) atoms. The lowest BCUT2D eigenvalue weighted by molar-refractivity contribution is -0.144. The monoisotopic (exact) mass is 1230 g/mol. The average Bonchev–Trinajstić information content (AvgIpc) is 1.60. The van der Waals surface area contributed by atoms with E-state index in [4.69, 9.17) is 9.72 Å². The number of hydrogen-bond acceptors (Lipinski definition) is 13. The van der Waals surface area contributed by atoms with Crippen molar-refractivity contribution in [2.24, 2.45) is 16.8 Å². The second-order valence-corrected chi connectivity index (χ2v) is 26.3. The first-order valence-corrected chi connectivity index (χ1v) is 32.6. The Hall–Kier alpha value is -8.07. The molecule has 3 saturated heterocycles. The number of aryl methyl sites for hydroxylation is 1. The van der Waals surface area contributed by atoms with Crippen LogP contribution in [-0.2, 0) is 29.4 Å². The van der Waals surface area contributed by atoms with Gasteiger partial charge in [-0.3, -0.25) is 43.5 Å². The zero-order valence-corrected chi connectivity index (χ0v) is 53.0. The fourth-order valence-corrected chi connectivity index (χ4v) is 14.9. The number of nitrogens with zero attached hydrogens (tertiary/aromatic N) is 8. The van der Waals surface area contributed by atoms with Crippen LogP contribution in [0.4, 0.5) is 27.3 Å². The number of nitrogens with one attached hydrogen (secondary N) is 3. The van der Waals surface area contributed by atoms with Gasteiger partial charge in [0.15, 0.2) is 5.82 Å². The van der Waals surface area contributed by atoms with E-state index in [9.17, 15) is 33.6 Å². The third-order valence-electron chi connectivity index (χ3n) is 20.0. The van der Waals surface area contributed by atoms with Gasteiger partial charge in [0.25, 0.3) is 17.7 Å². The number of hydrogen-bond donors (Lipinski definition) is 3. The number of amides is 7. The van der Waals surface area contributed by atoms with Gasteiger partial charge in [0.05, 0.1) is 46.0 Å². The van der Waals surface area contributed by atoms with Crippen LogP contribution in [0, 0.1) is 24.6 Å². The minimum Gasteiger partial charge on any atom is -0.489 e. The van der Waals surface area contributed by atoms with Crippen molar-refractivity contribution in [3.05, 3.63) is 94.3 Å². The van der Waals surface area contributed by atoms with Crippen molar-refractivity contribution in [1.82, 2.24) is 35.2 Å². The smallest absolute Gasteiger partial charge is 0.265 e. The Balaban J connectivity index is 0.753. The van der Waals surface area contributed by atoms with Crippen molar-refractivity contribution in [1.29, 1.82) is 0 Å². The fourth-order valence-electron chi connectivity index (χ4n) is 14.9. The van der Waals surface area contributed by atoms with E-state index in [2.05, 4.69) is 42.9 Å². The zero-order valence-electron chi connectivity index (χ0n) is 53.0. The van der Waals surface area contributed by atoms with Gasteiger partial charge in [0.2, 0.25) is 23.6 Å². The summed E-state index contributed by atoms with van der Waals surface area (Å²) >= 11 is 0. The van der Waals surface area contributed by atoms with Gasteiger partial charge in [-0.15, -0.1) is 0 Å². The molecule has 0 bridgehead atoms. The summed E-state index contributed by atoms with van der Waals surface area (Å²) in [5.41, 5.74) is 4.25. The number of piperidine rings is 3. The molecule has 1 aromatic heterocycles. The van der Waals surface area contributed by atoms with Crippen LogP contribution in [0.1, 0.15) is 166 Å². The highest BCUT2D eigenvalue weighted by atomic mass is 19.1. The molecule has 3 N–H and O–H groups in total. The lowest BCUT2D eigenvalue weighted by atomic mass is 9.72. The standard InChI is InChI=1S/C69H86FN11O9/c1-41(2)73-63(84)52-38-56(54(70)34-43(52)5)75-62-57(79(40-71-6)42(3)4)22-21-55(74-62)46-18-20-53-58(35-46)80(49-36-48(37-49)76-28-9-8-10-29-76)68(89)69(53)26-32-78(33-27-69)65(86)45-16-14-44(15-17-45)64(85)77-30-24-50(25-31-77)90-59-13-11-12-51-61(59)67(88)81(66(51)87)47(39-82)19-23-60(83)72-7/h11-13,18,20-22,34-35,38-42,44-45,47-50H,8-10,14-17,19,23-33,36-37H2,1-7H3,(H,72,83)(H,73,84)(H,74,75). The summed E-state index contributed by atoms with van der Waals surface area (Å²) in [6.07, 6.45) is 11.6. The van der Waals surface area contributed by atoms with E-state index >= 15 is 9.18 Å². The van der Waals surface area contributed by atoms with Crippen molar-refractivity contribution in [3.8, 4) is 17.0 Å². The van der Waals surface area contributed by atoms with Crippen molar-refractivity contribution in [2.45, 2.75) is 173 Å². The number of pyridine rings is 1. The van der Waals surface area contributed by atoms with E-state index in [1.54, 1.807) is 32.4 Å². The molecule has 4 aromatic rings. The topological polar surface area (TPSA) is 227 Å². The summed E-state index contributed by atoms with van der Waals surface area (Å²) in [4.78, 5) is 129. The molecule has 1 atom stereocenters. The third kappa shape index (κ3) is 12.5. The number of anilines is 4. The summed E-state index contributed by atoms with van der Waals surface area (Å²) in [7, 11) is 3.17. The fraction of sp³-hybridized carbons (Fsp3) is 0.536. The number of likely N-dealkylation sites (tertiary alicyclic amines) is 3. The molecule has 7 aliphatic rings. The Morgan fingerprint density at radius 3 is 2.13 bits per heavy atom. The molecule has 3 aromatic carbocycles. The molecule has 6 heterocycles. The van der Waals surface area contributed by atoms with Gasteiger partial charge < -0.3 is 50.0 Å². The van der Waals surface area contributed by atoms with Crippen LogP contribution >= 0.6 is 0 Å². The molecule has 5 fully saturated rings. The maximum Gasteiger partial charge on any atom is 0.265 e. The van der Waals surface area contributed by atoms with Crippen LogP contribution in [0.2, 0.25) is 0 Å². The van der Waals surface area contributed by atoms with Crippen LogP contribution in [0.25, 0.3) is 11.3 Å². The molecule has 5 aliphatic heterocycles. The summed E-state index contributed by atoms with van der Waals surface area (Å²) in [5, 5.41) is 8.68. The quantitative estimate of drug-likeness (QED) is 0.0346. The number of ether oxygens (including phenoxy) is 1. The first-order valence-electron chi connectivity index (χ1n) is 32.6. The zero-order chi connectivity index (χ0) is 63.7. The van der Waals surface area contributed by atoms with Gasteiger partial charge in [0, 0.05) is 112 Å². The van der Waals surface area contributed by atoms with Crippen LogP contribution in [-0.4, -0.2) is 168 Å². The highest BCUT2D eigenvalue weighted by Gasteiger charge is 2.56. The molecule has 1 unspecified atom stereocenters. The van der Waals surface area contributed by atoms with E-state index in [0.717, 1.165) is 47.6 Å². The van der Waals surface area contributed by atoms with Gasteiger partial charge in [-0.05, 0) is 172 Å². The number of aldehydes is 1. The Morgan fingerprint density at radius 1 is 0.822 bits per heavy atom. The second kappa shape index (κ2) is 26.8. The number of fused-ring (bicyclic) bond motifs is 3. The van der Waals surface area contributed by atoms with Gasteiger partial charge in [-0.2, -0.15) is 0 Å². The normalized spacial score (nSPS) is 22.2. The number of rotatable bonds is 19. The third-order valence-corrected chi connectivity index (χ3v) is 20.0. The molecule has 11 rings (SSSR count). The van der Waals surface area contributed by atoms with Crippen molar-refractivity contribution in [2.75, 3.05) is 68.5 Å². The lowest BCUT2D eigenvalue weighted by Crippen LogP contribution is -2.58. The Morgan fingerprint density at radius 2 is 1.50 bits per heavy atom. The van der Waals surface area contributed by atoms with Crippen LogP contribution in [0.15, 0.2) is 65.7 Å². The molecule has 2 aliphatic carbocycles. The van der Waals surface area contributed by atoms with E-state index in [1.165, 1.54) is 44.5 Å². The predicted octanol–water partition coefficient (Wildman–Crippen LogP) is 8.74. The number of aromatic nitrogens is 1. The highest BCUT2D eigenvalue weighted by molar-refractivity contribution is 6.23. The average molecular weight is 1230 g/mol. The van der Waals surface area contributed by atoms with E-state index < -0.39 is 29.1 Å². The molecular weight excluding hydrogens is 1150 g/mol. The molecule has 0 radical (unpaired) electrons. The highest BCUT2D eigenvalue weighted by Crippen LogP contribution is 2.53. The lowest BCUT2D eigenvalue weighted by Gasteiger charge is -2.48. The first kappa shape index (κ1) is 63.5. The maximum absolute atomic E-state index is 16.0. The predicted molar refractivity (Wildman–Crippen MR) is 342 cm³/mol. The number of carbonyl (C=O) groups excluding carboxylic acids is 8. The largest absolute Gasteiger partial charge is 0.489 e. The van der Waals surface area contributed by atoms with Crippen molar-refractivity contribution in [3.63, 3.8) is 0 Å². The number of carbonyl (C=O) groups is 8. The Labute approximate surface area is 526 Å². The summed E-state index contributed by atoms with van der Waals surface area (Å²) in [6.45, 7) is 13.4. The van der Waals surface area contributed by atoms with E-state index in [0.29, 0.717) is 118 Å². The number of imide groups is 1. The summed E-state index contributed by atoms with van der Waals surface area (Å²) in [6, 6.07) is 16.9. The molecule has 20 nitrogen and oxygen atoms in total. The Kier molecular flexibility index (Phi) is 18.9. The maximum atomic E-state index is 16.0. The minimum atomic E-state index is -1.10. The van der Waals surface area contributed by atoms with Crippen LogP contribution in [0.3, 0.4) is 0 Å². The van der Waals surface area contributed by atoms with E-state index in [1.807, 2.05) is 60.6 Å². The van der Waals surface area contributed by atoms with Gasteiger partial charge in [-0.25, -0.2) is 9.37 Å². The SMILES string of the molecule is CN=CN(c1ccc(-c2ccc3c(c2)N(C2CC(N4CCCCC4)C2)C(=O)C32CCN(C(=O)C3CCC(C(=O)N4CCC(Oc5cccc6c5C(=O)N(C(C=O)CCC(=O)NC)C6=O)CC4)CC3)CC2)nc1Nc1cc(C(=O)NC(C)C)c(C)cc1F)C(C)C.